The van der Waals surface area contributed by atoms with E-state index in [4.69, 9.17) is 0 Å². The molecule has 1 aromatic rings. The highest BCUT2D eigenvalue weighted by atomic mass is 16.2. The largest absolute Gasteiger partial charge is 0.348 e. The lowest BCUT2D eigenvalue weighted by Gasteiger charge is -2.35. The van der Waals surface area contributed by atoms with Crippen molar-refractivity contribution in [3.8, 4) is 0 Å². The molecule has 0 saturated carbocycles. The number of rotatable bonds is 3. The van der Waals surface area contributed by atoms with Gasteiger partial charge in [0.1, 0.15) is 5.69 Å². The fourth-order valence-electron chi connectivity index (χ4n) is 3.78. The zero-order chi connectivity index (χ0) is 19.6. The minimum Gasteiger partial charge on any atom is -0.348 e. The average Bonchev–Trinajstić information content (AvgIpc) is 3.04. The van der Waals surface area contributed by atoms with Gasteiger partial charge in [-0.25, -0.2) is 0 Å². The quantitative estimate of drug-likeness (QED) is 0.871. The van der Waals surface area contributed by atoms with Crippen molar-refractivity contribution >= 4 is 17.7 Å². The molecule has 0 aliphatic carbocycles. The maximum Gasteiger partial charge on any atom is 0.270 e. The Balaban J connectivity index is 1.50. The zero-order valence-corrected chi connectivity index (χ0v) is 16.3. The number of hydrogen-bond acceptors (Lipinski definition) is 4. The molecule has 0 spiro atoms. The number of aromatic nitrogens is 1. The third-order valence-corrected chi connectivity index (χ3v) is 5.32. The Morgan fingerprint density at radius 2 is 1.89 bits per heavy atom. The Morgan fingerprint density at radius 1 is 1.19 bits per heavy atom. The molecule has 0 radical (unpaired) electrons. The van der Waals surface area contributed by atoms with E-state index in [2.05, 4.69) is 10.3 Å². The van der Waals surface area contributed by atoms with Gasteiger partial charge < -0.3 is 15.1 Å². The van der Waals surface area contributed by atoms with Gasteiger partial charge in [0.25, 0.3) is 5.91 Å². The Bertz CT molecular complexity index is 706. The zero-order valence-electron chi connectivity index (χ0n) is 16.3. The molecule has 2 aliphatic rings. The van der Waals surface area contributed by atoms with Crippen LogP contribution in [0.1, 0.15) is 50.5 Å². The molecular formula is C20H28N4O3. The minimum absolute atomic E-state index is 0.0415. The Morgan fingerprint density at radius 3 is 2.44 bits per heavy atom. The number of carbonyl (C=O) groups excluding carboxylic acids is 3. The number of pyridine rings is 1. The summed E-state index contributed by atoms with van der Waals surface area (Å²) in [5, 5.41) is 3.00. The van der Waals surface area contributed by atoms with Crippen LogP contribution in [-0.4, -0.2) is 63.7 Å². The van der Waals surface area contributed by atoms with E-state index >= 15 is 0 Å². The summed E-state index contributed by atoms with van der Waals surface area (Å²) in [6.45, 7) is 7.69. The van der Waals surface area contributed by atoms with Crippen molar-refractivity contribution in [2.24, 2.45) is 5.92 Å². The predicted molar refractivity (Wildman–Crippen MR) is 101 cm³/mol. The summed E-state index contributed by atoms with van der Waals surface area (Å²) in [4.78, 5) is 45.0. The molecule has 0 bridgehead atoms. The first kappa shape index (κ1) is 19.3. The highest BCUT2D eigenvalue weighted by Gasteiger charge is 2.41. The second-order valence-electron chi connectivity index (χ2n) is 8.36. The number of piperidine rings is 1. The lowest BCUT2D eigenvalue weighted by molar-refractivity contribution is -0.136. The van der Waals surface area contributed by atoms with Gasteiger partial charge in [-0.3, -0.25) is 19.4 Å². The first-order valence-corrected chi connectivity index (χ1v) is 9.57. The highest BCUT2D eigenvalue weighted by Crippen LogP contribution is 2.27. The summed E-state index contributed by atoms with van der Waals surface area (Å²) in [5.41, 5.74) is 0.150. The molecule has 1 aromatic heterocycles. The van der Waals surface area contributed by atoms with Crippen molar-refractivity contribution < 1.29 is 14.4 Å². The van der Waals surface area contributed by atoms with Crippen LogP contribution < -0.4 is 5.32 Å². The lowest BCUT2D eigenvalue weighted by Crippen LogP contribution is -2.49. The van der Waals surface area contributed by atoms with Crippen LogP contribution in [0.25, 0.3) is 0 Å². The van der Waals surface area contributed by atoms with Gasteiger partial charge in [-0.1, -0.05) is 6.07 Å². The van der Waals surface area contributed by atoms with Gasteiger partial charge in [-0.05, 0) is 45.7 Å². The topological polar surface area (TPSA) is 82.6 Å². The molecule has 3 amide bonds. The van der Waals surface area contributed by atoms with E-state index in [-0.39, 0.29) is 35.2 Å². The van der Waals surface area contributed by atoms with Gasteiger partial charge in [-0.15, -0.1) is 0 Å². The third kappa shape index (κ3) is 4.46. The van der Waals surface area contributed by atoms with Crippen LogP contribution in [0, 0.1) is 5.92 Å². The molecule has 1 unspecified atom stereocenters. The fraction of sp³-hybridized carbons (Fsp3) is 0.600. The smallest absolute Gasteiger partial charge is 0.270 e. The van der Waals surface area contributed by atoms with E-state index in [0.29, 0.717) is 44.6 Å². The van der Waals surface area contributed by atoms with Crippen molar-refractivity contribution in [2.75, 3.05) is 19.6 Å². The van der Waals surface area contributed by atoms with Crippen LogP contribution in [0.3, 0.4) is 0 Å². The van der Waals surface area contributed by atoms with Crippen molar-refractivity contribution in [3.63, 3.8) is 0 Å². The highest BCUT2D eigenvalue weighted by molar-refractivity contribution is 5.92. The van der Waals surface area contributed by atoms with E-state index in [9.17, 15) is 14.4 Å². The molecule has 1 atom stereocenters. The monoisotopic (exact) mass is 372 g/mol. The van der Waals surface area contributed by atoms with Crippen LogP contribution in [0.5, 0.6) is 0 Å². The molecule has 7 nitrogen and oxygen atoms in total. The van der Waals surface area contributed by atoms with Gasteiger partial charge in [0.2, 0.25) is 11.8 Å². The first-order chi connectivity index (χ1) is 12.8. The molecule has 2 saturated heterocycles. The summed E-state index contributed by atoms with van der Waals surface area (Å²) in [7, 11) is 0. The molecule has 146 valence electrons. The summed E-state index contributed by atoms with van der Waals surface area (Å²) >= 11 is 0. The molecule has 3 heterocycles. The van der Waals surface area contributed by atoms with Gasteiger partial charge in [0.05, 0.1) is 5.92 Å². The van der Waals surface area contributed by atoms with Crippen molar-refractivity contribution in [1.82, 2.24) is 20.1 Å². The maximum atomic E-state index is 12.8. The maximum absolute atomic E-state index is 12.8. The molecular weight excluding hydrogens is 344 g/mol. The SMILES string of the molecule is CC(C)(C)N1CC(C(=O)N2CCC(NC(=O)c3ccccn3)CC2)CC1=O. The third-order valence-electron chi connectivity index (χ3n) is 5.32. The number of nitrogens with one attached hydrogen (secondary N) is 1. The van der Waals surface area contributed by atoms with Gasteiger partial charge in [0, 0.05) is 43.8 Å². The van der Waals surface area contributed by atoms with Crippen LogP contribution in [0.15, 0.2) is 24.4 Å². The molecule has 0 aromatic carbocycles. The van der Waals surface area contributed by atoms with Crippen molar-refractivity contribution in [1.29, 1.82) is 0 Å². The first-order valence-electron chi connectivity index (χ1n) is 9.57. The van der Waals surface area contributed by atoms with Crippen LogP contribution in [0.4, 0.5) is 0 Å². The van der Waals surface area contributed by atoms with Gasteiger partial charge in [-0.2, -0.15) is 0 Å². The normalized spacial score (nSPS) is 21.4. The molecule has 1 N–H and O–H groups in total. The average molecular weight is 372 g/mol. The molecule has 3 rings (SSSR count). The number of likely N-dealkylation sites (tertiary alicyclic amines) is 2. The van der Waals surface area contributed by atoms with E-state index in [1.165, 1.54) is 0 Å². The van der Waals surface area contributed by atoms with E-state index in [1.807, 2.05) is 25.7 Å². The molecule has 2 fully saturated rings. The number of carbonyl (C=O) groups is 3. The van der Waals surface area contributed by atoms with E-state index < -0.39 is 0 Å². The lowest BCUT2D eigenvalue weighted by atomic mass is 10.0. The summed E-state index contributed by atoms with van der Waals surface area (Å²) in [6, 6.07) is 5.29. The van der Waals surface area contributed by atoms with E-state index in [0.717, 1.165) is 0 Å². The number of hydrogen-bond donors (Lipinski definition) is 1. The van der Waals surface area contributed by atoms with Crippen molar-refractivity contribution in [3.05, 3.63) is 30.1 Å². The van der Waals surface area contributed by atoms with Gasteiger partial charge >= 0.3 is 0 Å². The van der Waals surface area contributed by atoms with Crippen LogP contribution in [-0.2, 0) is 9.59 Å². The van der Waals surface area contributed by atoms with E-state index in [1.54, 1.807) is 29.3 Å². The van der Waals surface area contributed by atoms with Crippen LogP contribution >= 0.6 is 0 Å². The Kier molecular flexibility index (Phi) is 5.48. The summed E-state index contributed by atoms with van der Waals surface area (Å²) in [6.07, 6.45) is 3.33. The molecule has 7 heteroatoms. The fourth-order valence-corrected chi connectivity index (χ4v) is 3.78. The molecule has 27 heavy (non-hydrogen) atoms. The summed E-state index contributed by atoms with van der Waals surface area (Å²) in [5.74, 6) is -0.318. The number of amides is 3. The minimum atomic E-state index is -0.255. The van der Waals surface area contributed by atoms with Crippen LogP contribution in [0.2, 0.25) is 0 Å². The number of nitrogens with zero attached hydrogens (tertiary/aromatic N) is 3. The Hall–Kier alpha value is -2.44. The van der Waals surface area contributed by atoms with Crippen molar-refractivity contribution in [2.45, 2.75) is 51.6 Å². The second-order valence-corrected chi connectivity index (χ2v) is 8.36. The molecule has 2 aliphatic heterocycles. The predicted octanol–water partition coefficient (Wildman–Crippen LogP) is 1.45. The second kappa shape index (κ2) is 7.66. The van der Waals surface area contributed by atoms with Gasteiger partial charge in [0.15, 0.2) is 0 Å². The summed E-state index contributed by atoms with van der Waals surface area (Å²) < 4.78 is 0. The standard InChI is InChI=1S/C20H28N4O3/c1-20(2,3)24-13-14(12-17(24)25)19(27)23-10-7-15(8-11-23)22-18(26)16-6-4-5-9-21-16/h4-6,9,14-15H,7-8,10-13H2,1-3H3,(H,22,26). The Labute approximate surface area is 160 Å².